The molecule has 0 bridgehead atoms. The Labute approximate surface area is 123 Å². The number of hydrogen-bond donors (Lipinski definition) is 2. The molecule has 0 fully saturated rings. The number of urea groups is 1. The highest BCUT2D eigenvalue weighted by Gasteiger charge is 2.05. The van der Waals surface area contributed by atoms with Gasteiger partial charge in [-0.25, -0.2) is 4.79 Å². The fourth-order valence-corrected chi connectivity index (χ4v) is 2.07. The van der Waals surface area contributed by atoms with E-state index in [0.717, 1.165) is 24.1 Å². The van der Waals surface area contributed by atoms with Gasteiger partial charge in [-0.3, -0.25) is 0 Å². The lowest BCUT2D eigenvalue weighted by atomic mass is 10.1. The minimum Gasteiger partial charge on any atom is -0.334 e. The third-order valence-electron chi connectivity index (χ3n) is 3.08. The van der Waals surface area contributed by atoms with Crippen LogP contribution in [0.3, 0.4) is 0 Å². The van der Waals surface area contributed by atoms with Crippen LogP contribution in [0.5, 0.6) is 0 Å². The number of hydrogen-bond acceptors (Lipinski definition) is 1. The van der Waals surface area contributed by atoms with Crippen molar-refractivity contribution < 1.29 is 7.65 Å². The van der Waals surface area contributed by atoms with Gasteiger partial charge in [-0.1, -0.05) is 61.9 Å². The first-order valence-electron chi connectivity index (χ1n) is 6.96. The molecule has 0 unspecified atom stereocenters. The molecule has 2 aromatic rings. The second-order valence-electron chi connectivity index (χ2n) is 4.70. The SMILES string of the molecule is CCCc1ccccc1NC(=O)NCc1ccccc1.[HH].[HH]. The van der Waals surface area contributed by atoms with Crippen molar-refractivity contribution in [1.82, 2.24) is 5.32 Å². The van der Waals surface area contributed by atoms with Crippen LogP contribution in [-0.2, 0) is 13.0 Å². The largest absolute Gasteiger partial charge is 0.334 e. The normalized spacial score (nSPS) is 10.1. The first-order valence-corrected chi connectivity index (χ1v) is 6.96. The van der Waals surface area contributed by atoms with E-state index in [1.54, 1.807) is 0 Å². The molecule has 3 nitrogen and oxygen atoms in total. The fraction of sp³-hybridized carbons (Fsp3) is 0.235. The minimum atomic E-state index is -0.169. The predicted molar refractivity (Wildman–Crippen MR) is 87.0 cm³/mol. The Balaban J connectivity index is 0.00000220. The van der Waals surface area contributed by atoms with Gasteiger partial charge in [0, 0.05) is 15.1 Å². The van der Waals surface area contributed by atoms with Crippen molar-refractivity contribution in [3.63, 3.8) is 0 Å². The molecule has 0 heterocycles. The Morgan fingerprint density at radius 3 is 2.50 bits per heavy atom. The fourth-order valence-electron chi connectivity index (χ4n) is 2.07. The number of aryl methyl sites for hydroxylation is 1. The summed E-state index contributed by atoms with van der Waals surface area (Å²) in [4.78, 5) is 11.9. The number of rotatable bonds is 5. The zero-order valence-corrected chi connectivity index (χ0v) is 11.7. The van der Waals surface area contributed by atoms with Crippen LogP contribution in [0, 0.1) is 0 Å². The van der Waals surface area contributed by atoms with E-state index in [4.69, 9.17) is 0 Å². The smallest absolute Gasteiger partial charge is 0.319 e. The van der Waals surface area contributed by atoms with E-state index in [1.807, 2.05) is 48.5 Å². The molecular formula is C17H24N2O. The van der Waals surface area contributed by atoms with Gasteiger partial charge in [-0.2, -0.15) is 0 Å². The second-order valence-corrected chi connectivity index (χ2v) is 4.70. The first-order chi connectivity index (χ1) is 9.79. The van der Waals surface area contributed by atoms with E-state index in [9.17, 15) is 4.79 Å². The van der Waals surface area contributed by atoms with E-state index in [-0.39, 0.29) is 8.88 Å². The number of carbonyl (C=O) groups is 1. The van der Waals surface area contributed by atoms with Crippen molar-refractivity contribution in [2.45, 2.75) is 26.3 Å². The average molecular weight is 272 g/mol. The predicted octanol–water partition coefficient (Wildman–Crippen LogP) is 4.45. The molecule has 0 saturated carbocycles. The topological polar surface area (TPSA) is 41.1 Å². The van der Waals surface area contributed by atoms with Crippen molar-refractivity contribution >= 4 is 11.7 Å². The number of anilines is 1. The molecule has 2 N–H and O–H groups in total. The number of amides is 2. The summed E-state index contributed by atoms with van der Waals surface area (Å²) in [6, 6.07) is 17.6. The van der Waals surface area contributed by atoms with Crippen LogP contribution in [0.1, 0.15) is 27.3 Å². The van der Waals surface area contributed by atoms with Gasteiger partial charge in [0.25, 0.3) is 0 Å². The summed E-state index contributed by atoms with van der Waals surface area (Å²) in [7, 11) is 0. The minimum absolute atomic E-state index is 0. The van der Waals surface area contributed by atoms with Gasteiger partial charge in [0.05, 0.1) is 0 Å². The highest BCUT2D eigenvalue weighted by molar-refractivity contribution is 5.90. The van der Waals surface area contributed by atoms with Crippen LogP contribution in [0.2, 0.25) is 0 Å². The molecule has 0 spiro atoms. The quantitative estimate of drug-likeness (QED) is 0.829. The molecular weight excluding hydrogens is 248 g/mol. The lowest BCUT2D eigenvalue weighted by Crippen LogP contribution is -2.28. The summed E-state index contributed by atoms with van der Waals surface area (Å²) in [5, 5.41) is 5.78. The molecule has 0 aliphatic heterocycles. The van der Waals surface area contributed by atoms with Crippen LogP contribution in [0.4, 0.5) is 10.5 Å². The zero-order valence-electron chi connectivity index (χ0n) is 11.7. The molecule has 20 heavy (non-hydrogen) atoms. The van der Waals surface area contributed by atoms with Gasteiger partial charge in [0.2, 0.25) is 0 Å². The molecule has 2 aromatic carbocycles. The van der Waals surface area contributed by atoms with Gasteiger partial charge in [0.1, 0.15) is 0 Å². The summed E-state index contributed by atoms with van der Waals surface area (Å²) < 4.78 is 0. The molecule has 0 saturated heterocycles. The summed E-state index contributed by atoms with van der Waals surface area (Å²) in [5.74, 6) is 0. The van der Waals surface area contributed by atoms with Crippen LogP contribution >= 0.6 is 0 Å². The maximum Gasteiger partial charge on any atom is 0.319 e. The summed E-state index contributed by atoms with van der Waals surface area (Å²) in [6.45, 7) is 2.66. The highest BCUT2D eigenvalue weighted by Crippen LogP contribution is 2.16. The van der Waals surface area contributed by atoms with Crippen molar-refractivity contribution in [3.8, 4) is 0 Å². The molecule has 108 valence electrons. The van der Waals surface area contributed by atoms with E-state index in [0.29, 0.717) is 6.54 Å². The van der Waals surface area contributed by atoms with Crippen LogP contribution < -0.4 is 10.6 Å². The van der Waals surface area contributed by atoms with Gasteiger partial charge in [0.15, 0.2) is 0 Å². The number of carbonyl (C=O) groups excluding carboxylic acids is 1. The van der Waals surface area contributed by atoms with Crippen molar-refractivity contribution in [1.29, 1.82) is 0 Å². The Kier molecular flexibility index (Phi) is 5.18. The Morgan fingerprint density at radius 1 is 1.05 bits per heavy atom. The van der Waals surface area contributed by atoms with Crippen LogP contribution in [0.15, 0.2) is 54.6 Å². The highest BCUT2D eigenvalue weighted by atomic mass is 16.2. The maximum absolute atomic E-state index is 11.9. The standard InChI is InChI=1S/C17H20N2O.2H2/c1-2-8-15-11-6-7-12-16(15)19-17(20)18-13-14-9-4-3-5-10-14;;/h3-7,9-12H,2,8,13H2,1H3,(H2,18,19,20);2*1H. The van der Waals surface area contributed by atoms with E-state index >= 15 is 0 Å². The Morgan fingerprint density at radius 2 is 1.75 bits per heavy atom. The van der Waals surface area contributed by atoms with Crippen molar-refractivity contribution in [3.05, 3.63) is 65.7 Å². The third kappa shape index (κ3) is 4.12. The summed E-state index contributed by atoms with van der Waals surface area (Å²) in [5.41, 5.74) is 3.15. The Hall–Kier alpha value is -2.29. The molecule has 0 atom stereocenters. The van der Waals surface area contributed by atoms with Crippen LogP contribution in [0.25, 0.3) is 0 Å². The zero-order chi connectivity index (χ0) is 14.2. The Bertz CT molecular complexity index is 562. The molecule has 3 heteroatoms. The van der Waals surface area contributed by atoms with Gasteiger partial charge < -0.3 is 10.6 Å². The van der Waals surface area contributed by atoms with E-state index < -0.39 is 0 Å². The van der Waals surface area contributed by atoms with Gasteiger partial charge >= 0.3 is 6.03 Å². The third-order valence-corrected chi connectivity index (χ3v) is 3.08. The molecule has 0 aromatic heterocycles. The second kappa shape index (κ2) is 7.34. The van der Waals surface area contributed by atoms with Crippen LogP contribution in [-0.4, -0.2) is 6.03 Å². The molecule has 0 radical (unpaired) electrons. The lowest BCUT2D eigenvalue weighted by molar-refractivity contribution is 0.251. The van der Waals surface area contributed by atoms with Gasteiger partial charge in [-0.15, -0.1) is 0 Å². The van der Waals surface area contributed by atoms with Crippen molar-refractivity contribution in [2.75, 3.05) is 5.32 Å². The number of para-hydroxylation sites is 1. The number of nitrogens with one attached hydrogen (secondary N) is 2. The molecule has 2 amide bonds. The first kappa shape index (κ1) is 14.1. The molecule has 0 aliphatic carbocycles. The van der Waals surface area contributed by atoms with Crippen molar-refractivity contribution in [2.24, 2.45) is 0 Å². The number of benzene rings is 2. The van der Waals surface area contributed by atoms with Gasteiger partial charge in [-0.05, 0) is 23.6 Å². The molecule has 2 rings (SSSR count). The molecule has 0 aliphatic rings. The van der Waals surface area contributed by atoms with E-state index in [1.165, 1.54) is 5.56 Å². The maximum atomic E-state index is 11.9. The average Bonchev–Trinajstić information content (AvgIpc) is 2.49. The summed E-state index contributed by atoms with van der Waals surface area (Å²) >= 11 is 0. The lowest BCUT2D eigenvalue weighted by Gasteiger charge is -2.11. The summed E-state index contributed by atoms with van der Waals surface area (Å²) in [6.07, 6.45) is 2.03. The van der Waals surface area contributed by atoms with E-state index in [2.05, 4.69) is 23.6 Å². The monoisotopic (exact) mass is 272 g/mol.